The number of unbranched alkanes of at least 4 members (excludes halogenated alkanes) is 7. The molecule has 0 radical (unpaired) electrons. The van der Waals surface area contributed by atoms with E-state index in [1.54, 1.807) is 0 Å². The lowest BCUT2D eigenvalue weighted by Gasteiger charge is -2.05. The summed E-state index contributed by atoms with van der Waals surface area (Å²) in [6.45, 7) is 4.53. The quantitative estimate of drug-likeness (QED) is 0.431. The second kappa shape index (κ2) is 10.1. The lowest BCUT2D eigenvalue weighted by atomic mass is 10.0. The van der Waals surface area contributed by atoms with Gasteiger partial charge >= 0.3 is 7.60 Å². The molecule has 17 heavy (non-hydrogen) atoms. The van der Waals surface area contributed by atoms with Crippen molar-refractivity contribution in [3.63, 3.8) is 0 Å². The molecule has 0 heterocycles. The van der Waals surface area contributed by atoms with Crippen molar-refractivity contribution in [1.29, 1.82) is 0 Å². The van der Waals surface area contributed by atoms with E-state index in [9.17, 15) is 4.57 Å². The Hall–Kier alpha value is 0.150. The Labute approximate surface area is 106 Å². The van der Waals surface area contributed by atoms with E-state index in [4.69, 9.17) is 9.79 Å². The number of rotatable bonds is 11. The van der Waals surface area contributed by atoms with Crippen LogP contribution in [0, 0.1) is 5.92 Å². The molecule has 0 saturated carbocycles. The Bertz CT molecular complexity index is 211. The molecule has 0 amide bonds. The second-order valence-electron chi connectivity index (χ2n) is 5.40. The fourth-order valence-electron chi connectivity index (χ4n) is 1.93. The first-order chi connectivity index (χ1) is 7.92. The molecule has 4 heteroatoms. The van der Waals surface area contributed by atoms with Crippen LogP contribution in [0.2, 0.25) is 0 Å². The van der Waals surface area contributed by atoms with E-state index in [0.29, 0.717) is 6.42 Å². The lowest BCUT2D eigenvalue weighted by molar-refractivity contribution is 0.370. The van der Waals surface area contributed by atoms with Crippen LogP contribution < -0.4 is 0 Å². The maximum Gasteiger partial charge on any atom is 0.325 e. The molecule has 0 rings (SSSR count). The van der Waals surface area contributed by atoms with Crippen LogP contribution in [0.5, 0.6) is 0 Å². The van der Waals surface area contributed by atoms with Crippen LogP contribution in [-0.2, 0) is 4.57 Å². The Morgan fingerprint density at radius 2 is 1.24 bits per heavy atom. The minimum atomic E-state index is -3.75. The van der Waals surface area contributed by atoms with Crippen molar-refractivity contribution in [2.75, 3.05) is 6.16 Å². The monoisotopic (exact) mass is 264 g/mol. The van der Waals surface area contributed by atoms with E-state index in [0.717, 1.165) is 18.8 Å². The minimum absolute atomic E-state index is 0.0569. The highest BCUT2D eigenvalue weighted by Gasteiger charge is 2.10. The van der Waals surface area contributed by atoms with Gasteiger partial charge in [-0.05, 0) is 12.3 Å². The largest absolute Gasteiger partial charge is 0.325 e. The molecule has 0 aromatic rings. The van der Waals surface area contributed by atoms with Gasteiger partial charge in [-0.2, -0.15) is 0 Å². The molecule has 0 aromatic heterocycles. The highest BCUT2D eigenvalue weighted by molar-refractivity contribution is 7.51. The molecular formula is C13H29O3P. The fraction of sp³-hybridized carbons (Fsp3) is 1.00. The van der Waals surface area contributed by atoms with Crippen LogP contribution in [-0.4, -0.2) is 15.9 Å². The Morgan fingerprint density at radius 1 is 0.824 bits per heavy atom. The van der Waals surface area contributed by atoms with Gasteiger partial charge in [-0.3, -0.25) is 4.57 Å². The molecule has 3 nitrogen and oxygen atoms in total. The van der Waals surface area contributed by atoms with Crippen LogP contribution in [0.25, 0.3) is 0 Å². The standard InChI is InChI=1S/C13H29O3P/c1-13(2)11-9-7-5-3-4-6-8-10-12-17(14,15)16/h13H,3-12H2,1-2H3,(H2,14,15,16). The Morgan fingerprint density at radius 3 is 1.65 bits per heavy atom. The number of hydrogen-bond donors (Lipinski definition) is 2. The molecule has 0 spiro atoms. The van der Waals surface area contributed by atoms with Gasteiger partial charge in [0.1, 0.15) is 0 Å². The molecule has 104 valence electrons. The van der Waals surface area contributed by atoms with Gasteiger partial charge in [0, 0.05) is 6.16 Å². The highest BCUT2D eigenvalue weighted by atomic mass is 31.2. The molecule has 0 aliphatic heterocycles. The summed E-state index contributed by atoms with van der Waals surface area (Å²) >= 11 is 0. The Balaban J connectivity index is 3.06. The zero-order valence-corrected chi connectivity index (χ0v) is 12.3. The van der Waals surface area contributed by atoms with Crippen molar-refractivity contribution in [3.8, 4) is 0 Å². The summed E-state index contributed by atoms with van der Waals surface area (Å²) in [7, 11) is -3.75. The zero-order chi connectivity index (χ0) is 13.1. The molecular weight excluding hydrogens is 235 g/mol. The SMILES string of the molecule is CC(C)CCCCCCCCCCP(=O)(O)O. The summed E-state index contributed by atoms with van der Waals surface area (Å²) < 4.78 is 10.6. The molecule has 0 saturated heterocycles. The van der Waals surface area contributed by atoms with Crippen molar-refractivity contribution in [2.45, 2.75) is 71.6 Å². The normalized spacial score (nSPS) is 12.3. The van der Waals surface area contributed by atoms with Crippen LogP contribution in [0.3, 0.4) is 0 Å². The molecule has 0 aliphatic carbocycles. The molecule has 2 N–H and O–H groups in total. The molecule has 0 fully saturated rings. The van der Waals surface area contributed by atoms with Crippen LogP contribution >= 0.6 is 7.60 Å². The molecule has 0 aromatic carbocycles. The highest BCUT2D eigenvalue weighted by Crippen LogP contribution is 2.35. The Kier molecular flexibility index (Phi) is 10.2. The predicted octanol–water partition coefficient (Wildman–Crippen LogP) is 4.33. The van der Waals surface area contributed by atoms with Crippen molar-refractivity contribution < 1.29 is 14.4 Å². The summed E-state index contributed by atoms with van der Waals surface area (Å²) in [5.74, 6) is 0.822. The smallest absolute Gasteiger partial charge is 0.324 e. The van der Waals surface area contributed by atoms with E-state index in [1.165, 1.54) is 38.5 Å². The first kappa shape index (κ1) is 17.2. The van der Waals surface area contributed by atoms with Crippen molar-refractivity contribution in [3.05, 3.63) is 0 Å². The second-order valence-corrected chi connectivity index (χ2v) is 7.18. The summed E-state index contributed by atoms with van der Waals surface area (Å²) in [5, 5.41) is 0. The summed E-state index contributed by atoms with van der Waals surface area (Å²) in [6.07, 6.45) is 10.6. The predicted molar refractivity (Wildman–Crippen MR) is 73.3 cm³/mol. The van der Waals surface area contributed by atoms with Gasteiger partial charge in [0.2, 0.25) is 0 Å². The third-order valence-corrected chi connectivity index (χ3v) is 3.88. The topological polar surface area (TPSA) is 57.5 Å². The number of hydrogen-bond acceptors (Lipinski definition) is 1. The van der Waals surface area contributed by atoms with Crippen LogP contribution in [0.4, 0.5) is 0 Å². The van der Waals surface area contributed by atoms with Gasteiger partial charge in [-0.15, -0.1) is 0 Å². The summed E-state index contributed by atoms with van der Waals surface area (Å²) in [6, 6.07) is 0. The first-order valence-corrected chi connectivity index (χ1v) is 8.76. The van der Waals surface area contributed by atoms with Crippen molar-refractivity contribution >= 4 is 7.60 Å². The van der Waals surface area contributed by atoms with Crippen molar-refractivity contribution in [1.82, 2.24) is 0 Å². The van der Waals surface area contributed by atoms with E-state index < -0.39 is 7.60 Å². The maximum absolute atomic E-state index is 10.6. The fourth-order valence-corrected chi connectivity index (χ4v) is 2.57. The van der Waals surface area contributed by atoms with E-state index in [1.807, 2.05) is 0 Å². The van der Waals surface area contributed by atoms with Crippen LogP contribution in [0.15, 0.2) is 0 Å². The van der Waals surface area contributed by atoms with Gasteiger partial charge in [0.25, 0.3) is 0 Å². The van der Waals surface area contributed by atoms with Gasteiger partial charge in [0.15, 0.2) is 0 Å². The minimum Gasteiger partial charge on any atom is -0.324 e. The molecule has 0 unspecified atom stereocenters. The summed E-state index contributed by atoms with van der Waals surface area (Å²) in [5.41, 5.74) is 0. The van der Waals surface area contributed by atoms with E-state index >= 15 is 0 Å². The van der Waals surface area contributed by atoms with Gasteiger partial charge in [-0.25, -0.2) is 0 Å². The maximum atomic E-state index is 10.6. The first-order valence-electron chi connectivity index (χ1n) is 6.96. The average molecular weight is 264 g/mol. The van der Waals surface area contributed by atoms with Crippen molar-refractivity contribution in [2.24, 2.45) is 5.92 Å². The van der Waals surface area contributed by atoms with Gasteiger partial charge in [0.05, 0.1) is 0 Å². The third kappa shape index (κ3) is 16.1. The lowest BCUT2D eigenvalue weighted by Crippen LogP contribution is -1.89. The van der Waals surface area contributed by atoms with E-state index in [-0.39, 0.29) is 6.16 Å². The molecule has 0 bridgehead atoms. The third-order valence-electron chi connectivity index (χ3n) is 2.98. The van der Waals surface area contributed by atoms with Gasteiger partial charge in [-0.1, -0.05) is 65.2 Å². The van der Waals surface area contributed by atoms with Crippen LogP contribution in [0.1, 0.15) is 71.6 Å². The molecule has 0 aliphatic rings. The van der Waals surface area contributed by atoms with E-state index in [2.05, 4.69) is 13.8 Å². The average Bonchev–Trinajstić information content (AvgIpc) is 2.18. The van der Waals surface area contributed by atoms with Gasteiger partial charge < -0.3 is 9.79 Å². The zero-order valence-electron chi connectivity index (χ0n) is 11.4. The summed E-state index contributed by atoms with van der Waals surface area (Å²) in [4.78, 5) is 17.3. The molecule has 0 atom stereocenters.